The van der Waals surface area contributed by atoms with Gasteiger partial charge in [0.05, 0.1) is 20.3 Å². The number of nitrogens with one attached hydrogen (secondary N) is 1. The van der Waals surface area contributed by atoms with Gasteiger partial charge < -0.3 is 19.7 Å². The highest BCUT2D eigenvalue weighted by atomic mass is 16.5. The molecular weight excluding hydrogens is 356 g/mol. The van der Waals surface area contributed by atoms with E-state index in [4.69, 9.17) is 9.47 Å². The molecule has 1 aliphatic rings. The van der Waals surface area contributed by atoms with Crippen LogP contribution < -0.4 is 14.8 Å². The Hall–Kier alpha value is -3.02. The first-order valence-electron chi connectivity index (χ1n) is 9.41. The van der Waals surface area contributed by atoms with Gasteiger partial charge in [-0.2, -0.15) is 0 Å². The van der Waals surface area contributed by atoms with Crippen molar-refractivity contribution in [2.75, 3.05) is 20.8 Å². The van der Waals surface area contributed by atoms with Crippen molar-refractivity contribution in [2.45, 2.75) is 32.4 Å². The maximum Gasteiger partial charge on any atom is 0.251 e. The Morgan fingerprint density at radius 3 is 2.68 bits per heavy atom. The number of methoxy groups -OCH3 is 2. The second kappa shape index (κ2) is 8.78. The lowest BCUT2D eigenvalue weighted by Gasteiger charge is -2.19. The van der Waals surface area contributed by atoms with Crippen LogP contribution >= 0.6 is 0 Å². The Balaban J connectivity index is 1.72. The molecule has 0 saturated carbocycles. The summed E-state index contributed by atoms with van der Waals surface area (Å²) in [6, 6.07) is 12.7. The summed E-state index contributed by atoms with van der Waals surface area (Å²) in [6.45, 7) is 3.23. The van der Waals surface area contributed by atoms with Gasteiger partial charge in [0.2, 0.25) is 5.91 Å². The number of nitrogens with zero attached hydrogens (tertiary/aromatic N) is 1. The number of carbonyl (C=O) groups is 2. The number of likely N-dealkylation sites (tertiary alicyclic amines) is 1. The van der Waals surface area contributed by atoms with Gasteiger partial charge in [0.15, 0.2) is 0 Å². The Bertz CT molecular complexity index is 865. The number of carbonyl (C=O) groups excluding carboxylic acids is 2. The first-order chi connectivity index (χ1) is 13.5. The first-order valence-corrected chi connectivity index (χ1v) is 9.41. The molecule has 0 aromatic heterocycles. The lowest BCUT2D eigenvalue weighted by atomic mass is 10.1. The van der Waals surface area contributed by atoms with E-state index >= 15 is 0 Å². The number of amides is 2. The largest absolute Gasteiger partial charge is 0.497 e. The Morgan fingerprint density at radius 2 is 2.00 bits per heavy atom. The lowest BCUT2D eigenvalue weighted by molar-refractivity contribution is -0.128. The van der Waals surface area contributed by atoms with Crippen LogP contribution in [0.15, 0.2) is 42.5 Å². The minimum absolute atomic E-state index is 0.174. The molecule has 0 bridgehead atoms. The van der Waals surface area contributed by atoms with Crippen molar-refractivity contribution in [2.24, 2.45) is 0 Å². The Labute approximate surface area is 165 Å². The molecule has 0 radical (unpaired) electrons. The minimum Gasteiger partial charge on any atom is -0.497 e. The van der Waals surface area contributed by atoms with Crippen LogP contribution in [0.1, 0.15) is 47.3 Å². The molecule has 1 unspecified atom stereocenters. The van der Waals surface area contributed by atoms with E-state index in [0.717, 1.165) is 24.1 Å². The van der Waals surface area contributed by atoms with Crippen LogP contribution in [0, 0.1) is 0 Å². The van der Waals surface area contributed by atoms with Crippen molar-refractivity contribution < 1.29 is 19.1 Å². The van der Waals surface area contributed by atoms with Gasteiger partial charge in [0.25, 0.3) is 5.91 Å². The maximum absolute atomic E-state index is 12.8. The van der Waals surface area contributed by atoms with Gasteiger partial charge in [0, 0.05) is 30.6 Å². The molecule has 3 rings (SSSR count). The molecule has 1 heterocycles. The number of rotatable bonds is 7. The van der Waals surface area contributed by atoms with Gasteiger partial charge in [-0.05, 0) is 49.2 Å². The summed E-state index contributed by atoms with van der Waals surface area (Å²) >= 11 is 0. The van der Waals surface area contributed by atoms with Crippen molar-refractivity contribution in [1.82, 2.24) is 10.2 Å². The minimum atomic E-state index is -0.263. The molecule has 6 heteroatoms. The van der Waals surface area contributed by atoms with Crippen molar-refractivity contribution >= 4 is 11.8 Å². The van der Waals surface area contributed by atoms with E-state index in [2.05, 4.69) is 5.32 Å². The summed E-state index contributed by atoms with van der Waals surface area (Å²) < 4.78 is 10.7. The Kier molecular flexibility index (Phi) is 6.19. The normalized spacial score (nSPS) is 14.7. The summed E-state index contributed by atoms with van der Waals surface area (Å²) in [5, 5.41) is 3.01. The molecule has 2 aromatic rings. The first kappa shape index (κ1) is 19.7. The molecule has 1 fully saturated rings. The fourth-order valence-corrected chi connectivity index (χ4v) is 3.44. The van der Waals surface area contributed by atoms with E-state index in [1.165, 1.54) is 0 Å². The molecule has 1 N–H and O–H groups in total. The van der Waals surface area contributed by atoms with Crippen LogP contribution in [0.3, 0.4) is 0 Å². The molecule has 148 valence electrons. The van der Waals surface area contributed by atoms with Crippen molar-refractivity contribution in [3.63, 3.8) is 0 Å². The standard InChI is InChI=1S/C22H26N2O4/c1-15(19-13-18(27-2)9-10-20(19)28-3)23-22(26)17-7-4-6-16(12-17)14-24-11-5-8-21(24)25/h4,6-7,9-10,12-13,15H,5,8,11,14H2,1-3H3,(H,23,26). The smallest absolute Gasteiger partial charge is 0.251 e. The average Bonchev–Trinajstić information content (AvgIpc) is 3.12. The summed E-state index contributed by atoms with van der Waals surface area (Å²) in [6.07, 6.45) is 1.51. The van der Waals surface area contributed by atoms with Crippen LogP contribution in [0.5, 0.6) is 11.5 Å². The maximum atomic E-state index is 12.8. The van der Waals surface area contributed by atoms with Gasteiger partial charge in [-0.15, -0.1) is 0 Å². The van der Waals surface area contributed by atoms with Crippen molar-refractivity contribution in [3.05, 3.63) is 59.2 Å². The van der Waals surface area contributed by atoms with Crippen LogP contribution in [0.25, 0.3) is 0 Å². The van der Waals surface area contributed by atoms with E-state index < -0.39 is 0 Å². The number of hydrogen-bond donors (Lipinski definition) is 1. The monoisotopic (exact) mass is 382 g/mol. The van der Waals surface area contributed by atoms with Gasteiger partial charge in [-0.25, -0.2) is 0 Å². The fourth-order valence-electron chi connectivity index (χ4n) is 3.44. The highest BCUT2D eigenvalue weighted by Gasteiger charge is 2.21. The highest BCUT2D eigenvalue weighted by molar-refractivity contribution is 5.94. The van der Waals surface area contributed by atoms with Crippen LogP contribution in [-0.4, -0.2) is 37.5 Å². The number of benzene rings is 2. The molecule has 1 aliphatic heterocycles. The van der Waals surface area contributed by atoms with Gasteiger partial charge in [-0.1, -0.05) is 12.1 Å². The molecule has 0 spiro atoms. The van der Waals surface area contributed by atoms with Crippen LogP contribution in [0.2, 0.25) is 0 Å². The van der Waals surface area contributed by atoms with E-state index in [9.17, 15) is 9.59 Å². The predicted molar refractivity (Wildman–Crippen MR) is 107 cm³/mol. The van der Waals surface area contributed by atoms with Crippen LogP contribution in [-0.2, 0) is 11.3 Å². The predicted octanol–water partition coefficient (Wildman–Crippen LogP) is 3.32. The highest BCUT2D eigenvalue weighted by Crippen LogP contribution is 2.29. The third kappa shape index (κ3) is 4.44. The summed E-state index contributed by atoms with van der Waals surface area (Å²) in [7, 11) is 3.20. The molecule has 1 atom stereocenters. The molecule has 2 amide bonds. The molecule has 0 aliphatic carbocycles. The van der Waals surface area contributed by atoms with Crippen molar-refractivity contribution in [1.29, 1.82) is 0 Å². The van der Waals surface area contributed by atoms with Crippen molar-refractivity contribution in [3.8, 4) is 11.5 Å². The third-order valence-corrected chi connectivity index (χ3v) is 4.98. The topological polar surface area (TPSA) is 67.9 Å². The summed E-state index contributed by atoms with van der Waals surface area (Å²) in [4.78, 5) is 26.4. The lowest BCUT2D eigenvalue weighted by Crippen LogP contribution is -2.27. The average molecular weight is 382 g/mol. The SMILES string of the molecule is COc1ccc(OC)c(C(C)NC(=O)c2cccc(CN3CCCC3=O)c2)c1. The molecule has 28 heavy (non-hydrogen) atoms. The zero-order chi connectivity index (χ0) is 20.1. The van der Waals surface area contributed by atoms with E-state index in [1.54, 1.807) is 20.3 Å². The molecular formula is C22H26N2O4. The quantitative estimate of drug-likeness (QED) is 0.798. The van der Waals surface area contributed by atoms with Gasteiger partial charge in [0.1, 0.15) is 11.5 Å². The van der Waals surface area contributed by atoms with Gasteiger partial charge in [-0.3, -0.25) is 9.59 Å². The molecule has 6 nitrogen and oxygen atoms in total. The zero-order valence-corrected chi connectivity index (χ0v) is 16.5. The summed E-state index contributed by atoms with van der Waals surface area (Å²) in [5.41, 5.74) is 2.36. The second-order valence-electron chi connectivity index (χ2n) is 6.92. The Morgan fingerprint density at radius 1 is 1.18 bits per heavy atom. The second-order valence-corrected chi connectivity index (χ2v) is 6.92. The van der Waals surface area contributed by atoms with E-state index in [0.29, 0.717) is 30.0 Å². The number of hydrogen-bond acceptors (Lipinski definition) is 4. The third-order valence-electron chi connectivity index (χ3n) is 4.98. The summed E-state index contributed by atoms with van der Waals surface area (Å²) in [5.74, 6) is 1.39. The van der Waals surface area contributed by atoms with Crippen LogP contribution in [0.4, 0.5) is 0 Å². The zero-order valence-electron chi connectivity index (χ0n) is 16.5. The number of ether oxygens (including phenoxy) is 2. The van der Waals surface area contributed by atoms with Gasteiger partial charge >= 0.3 is 0 Å². The fraction of sp³-hybridized carbons (Fsp3) is 0.364. The van der Waals surface area contributed by atoms with E-state index in [1.807, 2.05) is 48.2 Å². The van der Waals surface area contributed by atoms with E-state index in [-0.39, 0.29) is 17.9 Å². The molecule has 1 saturated heterocycles. The molecule has 2 aromatic carbocycles.